The van der Waals surface area contributed by atoms with Crippen LogP contribution >= 0.6 is 0 Å². The summed E-state index contributed by atoms with van der Waals surface area (Å²) < 4.78 is 37.0. The highest BCUT2D eigenvalue weighted by Crippen LogP contribution is 2.26. The Bertz CT molecular complexity index is 829. The summed E-state index contributed by atoms with van der Waals surface area (Å²) >= 11 is 0. The number of aryl methyl sites for hydroxylation is 1. The Morgan fingerprint density at radius 1 is 1.04 bits per heavy atom. The number of nitrogens with zero attached hydrogens (tertiary/aromatic N) is 2. The van der Waals surface area contributed by atoms with E-state index in [0.29, 0.717) is 23.6 Å². The van der Waals surface area contributed by atoms with Crippen molar-refractivity contribution < 1.29 is 17.7 Å². The minimum absolute atomic E-state index is 0.139. The maximum absolute atomic E-state index is 10.5. The monoisotopic (exact) mass is 376 g/mol. The van der Waals surface area contributed by atoms with Gasteiger partial charge in [-0.2, -0.15) is 0 Å². The number of diazo groups is 1. The Labute approximate surface area is 155 Å². The molecule has 0 aliphatic rings. The predicted molar refractivity (Wildman–Crippen MR) is 100.0 cm³/mol. The Kier molecular flexibility index (Phi) is 9.34. The van der Waals surface area contributed by atoms with E-state index in [1.54, 1.807) is 25.1 Å². The van der Waals surface area contributed by atoms with Gasteiger partial charge in [-0.25, -0.2) is 8.42 Å². The Morgan fingerprint density at radius 2 is 1.69 bits per heavy atom. The van der Waals surface area contributed by atoms with Crippen molar-refractivity contribution in [1.82, 2.24) is 0 Å². The molecule has 0 saturated carbocycles. The first kappa shape index (κ1) is 21.6. The molecule has 0 aromatic heterocycles. The molecule has 0 bridgehead atoms. The minimum atomic E-state index is -4.28. The van der Waals surface area contributed by atoms with Crippen LogP contribution < -0.4 is 4.74 Å². The van der Waals surface area contributed by atoms with Gasteiger partial charge in [0.2, 0.25) is 11.1 Å². The first-order valence-corrected chi connectivity index (χ1v) is 9.89. The molecular formula is C19H24N2O4S. The molecule has 2 rings (SSSR count). The average Bonchev–Trinajstić information content (AvgIpc) is 2.62. The largest absolute Gasteiger partial charge is 0.744 e. The van der Waals surface area contributed by atoms with Crippen LogP contribution in [0.25, 0.3) is 4.98 Å². The van der Waals surface area contributed by atoms with E-state index >= 15 is 0 Å². The summed E-state index contributed by atoms with van der Waals surface area (Å²) in [6, 6.07) is 13.3. The van der Waals surface area contributed by atoms with Crippen molar-refractivity contribution in [3.05, 3.63) is 59.1 Å². The summed E-state index contributed by atoms with van der Waals surface area (Å²) in [5.41, 5.74) is 0.982. The standard InChI is InChI=1S/C12H17N2O.C7H8O3S/c1-2-3-4-7-10-15-12-9-6-5-8-11(12)14-13;1-6-4-2-3-5-7(6)11(8,9)10/h5-6,8-9H,2-4,7,10H2,1H3;2-5H,1H3,(H,8,9,10)/q+1;/p-1. The molecule has 0 amide bonds. The molecule has 0 aliphatic carbocycles. The Balaban J connectivity index is 0.000000273. The van der Waals surface area contributed by atoms with Gasteiger partial charge in [0.1, 0.15) is 10.1 Å². The van der Waals surface area contributed by atoms with E-state index in [1.165, 1.54) is 31.4 Å². The van der Waals surface area contributed by atoms with Crippen LogP contribution in [0.15, 0.2) is 53.4 Å². The van der Waals surface area contributed by atoms with Gasteiger partial charge in [0.05, 0.1) is 11.5 Å². The molecule has 0 fully saturated rings. The van der Waals surface area contributed by atoms with Crippen molar-refractivity contribution in [2.45, 2.75) is 44.4 Å². The first-order valence-electron chi connectivity index (χ1n) is 8.48. The molecule has 0 saturated heterocycles. The topological polar surface area (TPSA) is 94.6 Å². The van der Waals surface area contributed by atoms with Crippen LogP contribution in [-0.4, -0.2) is 19.6 Å². The van der Waals surface area contributed by atoms with Crippen molar-refractivity contribution in [2.75, 3.05) is 6.61 Å². The number of ether oxygens (including phenoxy) is 1. The molecule has 6 nitrogen and oxygen atoms in total. The van der Waals surface area contributed by atoms with E-state index in [2.05, 4.69) is 11.9 Å². The first-order chi connectivity index (χ1) is 12.4. The molecule has 0 radical (unpaired) electrons. The van der Waals surface area contributed by atoms with E-state index in [9.17, 15) is 13.0 Å². The number of rotatable bonds is 7. The van der Waals surface area contributed by atoms with Crippen molar-refractivity contribution in [2.24, 2.45) is 0 Å². The van der Waals surface area contributed by atoms with Crippen molar-refractivity contribution in [1.29, 1.82) is 5.39 Å². The highest BCUT2D eigenvalue weighted by molar-refractivity contribution is 7.85. The highest BCUT2D eigenvalue weighted by Gasteiger charge is 2.12. The molecule has 0 N–H and O–H groups in total. The van der Waals surface area contributed by atoms with Crippen LogP contribution in [0.3, 0.4) is 0 Å². The van der Waals surface area contributed by atoms with Crippen molar-refractivity contribution >= 4 is 15.8 Å². The van der Waals surface area contributed by atoms with Gasteiger partial charge >= 0.3 is 5.69 Å². The average molecular weight is 376 g/mol. The van der Waals surface area contributed by atoms with Crippen LogP contribution in [0.4, 0.5) is 5.69 Å². The van der Waals surface area contributed by atoms with E-state index < -0.39 is 10.1 Å². The number of para-hydroxylation sites is 1. The van der Waals surface area contributed by atoms with Gasteiger partial charge in [-0.1, -0.05) is 56.5 Å². The van der Waals surface area contributed by atoms with E-state index in [1.807, 2.05) is 18.2 Å². The number of benzene rings is 2. The zero-order valence-corrected chi connectivity index (χ0v) is 15.9. The fourth-order valence-electron chi connectivity index (χ4n) is 2.21. The van der Waals surface area contributed by atoms with E-state index in [4.69, 9.17) is 10.1 Å². The van der Waals surface area contributed by atoms with Gasteiger partial charge in [0.25, 0.3) is 0 Å². The molecule has 140 valence electrons. The molecule has 0 spiro atoms. The Morgan fingerprint density at radius 3 is 2.27 bits per heavy atom. The summed E-state index contributed by atoms with van der Waals surface area (Å²) in [7, 11) is -4.28. The molecule has 0 aliphatic heterocycles. The van der Waals surface area contributed by atoms with E-state index in [-0.39, 0.29) is 4.90 Å². The molecule has 0 heterocycles. The maximum atomic E-state index is 10.5. The van der Waals surface area contributed by atoms with Crippen LogP contribution in [-0.2, 0) is 10.1 Å². The lowest BCUT2D eigenvalue weighted by Gasteiger charge is -2.08. The summed E-state index contributed by atoms with van der Waals surface area (Å²) in [5, 5.41) is 8.70. The SMILES string of the molecule is CCCCCCOc1ccccc1[N+]#N.Cc1ccccc1S(=O)(=O)[O-]. The number of hydrogen-bond donors (Lipinski definition) is 0. The van der Waals surface area contributed by atoms with Gasteiger partial charge in [-0.05, 0) is 31.0 Å². The van der Waals surface area contributed by atoms with Crippen molar-refractivity contribution in [3.8, 4) is 5.75 Å². The minimum Gasteiger partial charge on any atom is -0.744 e. The molecule has 2 aromatic rings. The summed E-state index contributed by atoms with van der Waals surface area (Å²) in [6.45, 7) is 4.46. The number of unbranched alkanes of at least 4 members (excludes halogenated alkanes) is 3. The second-order valence-corrected chi connectivity index (χ2v) is 7.04. The fourth-order valence-corrected chi connectivity index (χ4v) is 2.92. The third-order valence-electron chi connectivity index (χ3n) is 3.59. The molecule has 26 heavy (non-hydrogen) atoms. The fraction of sp³-hybridized carbons (Fsp3) is 0.368. The molecule has 0 atom stereocenters. The smallest absolute Gasteiger partial charge is 0.426 e. The second kappa shape index (κ2) is 11.2. The normalized spacial score (nSPS) is 10.4. The summed E-state index contributed by atoms with van der Waals surface area (Å²) in [5.74, 6) is 0.650. The number of hydrogen-bond acceptors (Lipinski definition) is 5. The third-order valence-corrected chi connectivity index (χ3v) is 4.59. The highest BCUT2D eigenvalue weighted by atomic mass is 32.2. The maximum Gasteiger partial charge on any atom is 0.426 e. The summed E-state index contributed by atoms with van der Waals surface area (Å²) in [4.78, 5) is 3.02. The van der Waals surface area contributed by atoms with Gasteiger partial charge < -0.3 is 9.29 Å². The van der Waals surface area contributed by atoms with Gasteiger partial charge in [-0.15, -0.1) is 0 Å². The molecular weight excluding hydrogens is 352 g/mol. The van der Waals surface area contributed by atoms with Crippen LogP contribution in [0.1, 0.15) is 38.2 Å². The summed E-state index contributed by atoms with van der Waals surface area (Å²) in [6.07, 6.45) is 4.71. The van der Waals surface area contributed by atoms with Crippen LogP contribution in [0.5, 0.6) is 5.75 Å². The zero-order chi connectivity index (χ0) is 19.4. The third kappa shape index (κ3) is 7.64. The van der Waals surface area contributed by atoms with E-state index in [0.717, 1.165) is 6.42 Å². The molecule has 2 aromatic carbocycles. The predicted octanol–water partition coefficient (Wildman–Crippen LogP) is 5.03. The van der Waals surface area contributed by atoms with Gasteiger partial charge in [-0.3, -0.25) is 0 Å². The second-order valence-electron chi connectivity index (χ2n) is 5.70. The van der Waals surface area contributed by atoms with Crippen LogP contribution in [0, 0.1) is 12.3 Å². The lowest BCUT2D eigenvalue weighted by atomic mass is 10.2. The molecule has 7 heteroatoms. The lowest BCUT2D eigenvalue weighted by molar-refractivity contribution is 0.307. The Hall–Kier alpha value is -2.43. The quantitative estimate of drug-likeness (QED) is 0.384. The lowest BCUT2D eigenvalue weighted by Crippen LogP contribution is -2.00. The van der Waals surface area contributed by atoms with Gasteiger partial charge in [0.15, 0.2) is 4.98 Å². The molecule has 0 unspecified atom stereocenters. The van der Waals surface area contributed by atoms with Crippen LogP contribution in [0.2, 0.25) is 0 Å². The van der Waals surface area contributed by atoms with Crippen molar-refractivity contribution in [3.63, 3.8) is 0 Å². The zero-order valence-electron chi connectivity index (χ0n) is 15.1. The van der Waals surface area contributed by atoms with Gasteiger partial charge in [0, 0.05) is 6.07 Å².